The van der Waals surface area contributed by atoms with Crippen molar-refractivity contribution in [2.45, 2.75) is 34.1 Å². The molecule has 1 aromatic rings. The number of anilines is 1. The van der Waals surface area contributed by atoms with Crippen molar-refractivity contribution < 1.29 is 4.79 Å². The molecule has 0 aromatic carbocycles. The SMILES string of the molecule is CC[C@H](C)C(=O)NNc1nc(C)cc(C)n1. The summed E-state index contributed by atoms with van der Waals surface area (Å²) < 4.78 is 0. The van der Waals surface area contributed by atoms with Gasteiger partial charge in [-0.3, -0.25) is 15.6 Å². The zero-order valence-electron chi connectivity index (χ0n) is 10.2. The lowest BCUT2D eigenvalue weighted by Crippen LogP contribution is -2.34. The van der Waals surface area contributed by atoms with Crippen LogP contribution in [-0.4, -0.2) is 15.9 Å². The third-order valence-electron chi connectivity index (χ3n) is 2.34. The van der Waals surface area contributed by atoms with Gasteiger partial charge in [0, 0.05) is 17.3 Å². The quantitative estimate of drug-likeness (QED) is 0.759. The van der Waals surface area contributed by atoms with Crippen molar-refractivity contribution >= 4 is 11.9 Å². The Hall–Kier alpha value is -1.65. The number of aromatic nitrogens is 2. The Balaban J connectivity index is 2.58. The first-order valence-corrected chi connectivity index (χ1v) is 5.41. The molecule has 0 aliphatic carbocycles. The molecule has 88 valence electrons. The van der Waals surface area contributed by atoms with E-state index in [1.54, 1.807) is 0 Å². The number of aryl methyl sites for hydroxylation is 2. The van der Waals surface area contributed by atoms with Crippen LogP contribution in [0.5, 0.6) is 0 Å². The molecule has 0 aliphatic rings. The molecule has 0 saturated carbocycles. The predicted molar refractivity (Wildman–Crippen MR) is 62.7 cm³/mol. The van der Waals surface area contributed by atoms with Crippen molar-refractivity contribution in [2.75, 3.05) is 5.43 Å². The Kier molecular flexibility index (Phi) is 4.22. The van der Waals surface area contributed by atoms with Crippen LogP contribution >= 0.6 is 0 Å². The summed E-state index contributed by atoms with van der Waals surface area (Å²) in [4.78, 5) is 19.8. The molecule has 1 amide bonds. The van der Waals surface area contributed by atoms with E-state index in [1.807, 2.05) is 33.8 Å². The molecule has 0 bridgehead atoms. The fourth-order valence-electron chi connectivity index (χ4n) is 1.21. The van der Waals surface area contributed by atoms with Gasteiger partial charge in [0.1, 0.15) is 0 Å². The van der Waals surface area contributed by atoms with E-state index in [2.05, 4.69) is 20.8 Å². The fraction of sp³-hybridized carbons (Fsp3) is 0.545. The van der Waals surface area contributed by atoms with Crippen LogP contribution in [0, 0.1) is 19.8 Å². The van der Waals surface area contributed by atoms with Gasteiger partial charge in [-0.25, -0.2) is 9.97 Å². The molecular formula is C11H18N4O. The van der Waals surface area contributed by atoms with Gasteiger partial charge in [-0.1, -0.05) is 13.8 Å². The summed E-state index contributed by atoms with van der Waals surface area (Å²) in [7, 11) is 0. The molecule has 1 atom stereocenters. The fourth-order valence-corrected chi connectivity index (χ4v) is 1.21. The van der Waals surface area contributed by atoms with Crippen LogP contribution < -0.4 is 10.9 Å². The number of nitrogens with zero attached hydrogens (tertiary/aromatic N) is 2. The highest BCUT2D eigenvalue weighted by Gasteiger charge is 2.09. The van der Waals surface area contributed by atoms with E-state index in [0.29, 0.717) is 5.95 Å². The number of hydrogen-bond acceptors (Lipinski definition) is 4. The van der Waals surface area contributed by atoms with Crippen molar-refractivity contribution in [1.29, 1.82) is 0 Å². The van der Waals surface area contributed by atoms with Gasteiger partial charge >= 0.3 is 0 Å². The average Bonchev–Trinajstić information content (AvgIpc) is 2.23. The van der Waals surface area contributed by atoms with Crippen molar-refractivity contribution in [3.8, 4) is 0 Å². The Morgan fingerprint density at radius 1 is 1.38 bits per heavy atom. The maximum Gasteiger partial charge on any atom is 0.242 e. The van der Waals surface area contributed by atoms with Gasteiger partial charge in [0.2, 0.25) is 11.9 Å². The first kappa shape index (κ1) is 12.4. The molecule has 1 aromatic heterocycles. The van der Waals surface area contributed by atoms with E-state index in [0.717, 1.165) is 17.8 Å². The van der Waals surface area contributed by atoms with E-state index >= 15 is 0 Å². The normalized spacial score (nSPS) is 12.0. The van der Waals surface area contributed by atoms with Crippen LogP contribution in [0.3, 0.4) is 0 Å². The van der Waals surface area contributed by atoms with Gasteiger partial charge in [0.05, 0.1) is 0 Å². The van der Waals surface area contributed by atoms with E-state index in [9.17, 15) is 4.79 Å². The van der Waals surface area contributed by atoms with Crippen LogP contribution in [0.4, 0.5) is 5.95 Å². The van der Waals surface area contributed by atoms with E-state index in [1.165, 1.54) is 0 Å². The minimum atomic E-state index is -0.0507. The number of rotatable bonds is 4. The summed E-state index contributed by atoms with van der Waals surface area (Å²) in [6.07, 6.45) is 0.807. The third kappa shape index (κ3) is 3.49. The summed E-state index contributed by atoms with van der Waals surface area (Å²) in [5.74, 6) is 0.359. The molecule has 0 radical (unpaired) electrons. The Labute approximate surface area is 95.7 Å². The molecule has 5 nitrogen and oxygen atoms in total. The molecular weight excluding hydrogens is 204 g/mol. The zero-order valence-corrected chi connectivity index (χ0v) is 10.2. The first-order valence-electron chi connectivity index (χ1n) is 5.41. The van der Waals surface area contributed by atoms with Crippen molar-refractivity contribution in [3.05, 3.63) is 17.5 Å². The monoisotopic (exact) mass is 222 g/mol. The Morgan fingerprint density at radius 3 is 2.44 bits per heavy atom. The summed E-state index contributed by atoms with van der Waals surface area (Å²) >= 11 is 0. The highest BCUT2D eigenvalue weighted by Crippen LogP contribution is 2.03. The first-order chi connectivity index (χ1) is 7.52. The van der Waals surface area contributed by atoms with Crippen LogP contribution in [-0.2, 0) is 4.79 Å². The lowest BCUT2D eigenvalue weighted by Gasteiger charge is -2.11. The number of hydrazine groups is 1. The number of hydrogen-bond donors (Lipinski definition) is 2. The number of carbonyl (C=O) groups is 1. The second-order valence-corrected chi connectivity index (χ2v) is 3.90. The summed E-state index contributed by atoms with van der Waals surface area (Å²) in [6, 6.07) is 1.88. The molecule has 16 heavy (non-hydrogen) atoms. The molecule has 0 aliphatic heterocycles. The summed E-state index contributed by atoms with van der Waals surface area (Å²) in [6.45, 7) is 7.61. The molecule has 0 saturated heterocycles. The molecule has 1 heterocycles. The molecule has 5 heteroatoms. The molecule has 0 spiro atoms. The third-order valence-corrected chi connectivity index (χ3v) is 2.34. The number of nitrogens with one attached hydrogen (secondary N) is 2. The van der Waals surface area contributed by atoms with Crippen LogP contribution in [0.1, 0.15) is 31.7 Å². The highest BCUT2D eigenvalue weighted by atomic mass is 16.2. The lowest BCUT2D eigenvalue weighted by atomic mass is 10.1. The van der Waals surface area contributed by atoms with E-state index < -0.39 is 0 Å². The number of carbonyl (C=O) groups excluding carboxylic acids is 1. The minimum Gasteiger partial charge on any atom is -0.273 e. The summed E-state index contributed by atoms with van der Waals surface area (Å²) in [5.41, 5.74) is 7.05. The Bertz CT molecular complexity index is 358. The summed E-state index contributed by atoms with van der Waals surface area (Å²) in [5, 5.41) is 0. The number of amides is 1. The average molecular weight is 222 g/mol. The van der Waals surface area contributed by atoms with Gasteiger partial charge < -0.3 is 0 Å². The smallest absolute Gasteiger partial charge is 0.242 e. The highest BCUT2D eigenvalue weighted by molar-refractivity contribution is 5.79. The zero-order chi connectivity index (χ0) is 12.1. The van der Waals surface area contributed by atoms with E-state index in [-0.39, 0.29) is 11.8 Å². The standard InChI is InChI=1S/C11H18N4O/c1-5-7(2)10(16)14-15-11-12-8(3)6-9(4)13-11/h6-7H,5H2,1-4H3,(H,14,16)(H,12,13,15)/t7-/m0/s1. The Morgan fingerprint density at radius 2 is 1.94 bits per heavy atom. The molecule has 0 unspecified atom stereocenters. The van der Waals surface area contributed by atoms with Gasteiger partial charge in [-0.15, -0.1) is 0 Å². The van der Waals surface area contributed by atoms with Crippen molar-refractivity contribution in [2.24, 2.45) is 5.92 Å². The van der Waals surface area contributed by atoms with Crippen molar-refractivity contribution in [3.63, 3.8) is 0 Å². The molecule has 1 rings (SSSR count). The van der Waals surface area contributed by atoms with Gasteiger partial charge in [0.25, 0.3) is 0 Å². The second kappa shape index (κ2) is 5.44. The molecule has 0 fully saturated rings. The topological polar surface area (TPSA) is 66.9 Å². The minimum absolute atomic E-state index is 0.0154. The van der Waals surface area contributed by atoms with Gasteiger partial charge in [-0.2, -0.15) is 0 Å². The maximum atomic E-state index is 11.5. The van der Waals surface area contributed by atoms with Crippen LogP contribution in [0.2, 0.25) is 0 Å². The van der Waals surface area contributed by atoms with Crippen molar-refractivity contribution in [1.82, 2.24) is 15.4 Å². The van der Waals surface area contributed by atoms with Gasteiger partial charge in [-0.05, 0) is 26.3 Å². The van der Waals surface area contributed by atoms with Gasteiger partial charge in [0.15, 0.2) is 0 Å². The van der Waals surface area contributed by atoms with Crippen LogP contribution in [0.15, 0.2) is 6.07 Å². The maximum absolute atomic E-state index is 11.5. The predicted octanol–water partition coefficient (Wildman–Crippen LogP) is 1.58. The van der Waals surface area contributed by atoms with E-state index in [4.69, 9.17) is 0 Å². The lowest BCUT2D eigenvalue weighted by molar-refractivity contribution is -0.124. The molecule has 2 N–H and O–H groups in total. The van der Waals surface area contributed by atoms with Crippen LogP contribution in [0.25, 0.3) is 0 Å². The second-order valence-electron chi connectivity index (χ2n) is 3.90. The largest absolute Gasteiger partial charge is 0.273 e.